The predicted molar refractivity (Wildman–Crippen MR) is 250 cm³/mol. The normalized spacial score (nSPS) is 15.4. The summed E-state index contributed by atoms with van der Waals surface area (Å²) in [7, 11) is 3.92. The average molecular weight is 848 g/mol. The van der Waals surface area contributed by atoms with Crippen LogP contribution in [0.3, 0.4) is 0 Å². The number of carbonyl (C=O) groups excluding carboxylic acids is 4. The Balaban J connectivity index is 2.41. The maximum absolute atomic E-state index is 13.6. The molecule has 0 aromatic carbocycles. The lowest BCUT2D eigenvalue weighted by Gasteiger charge is -2.19. The Morgan fingerprint density at radius 3 is 1.62 bits per heavy atom. The molecule has 1 saturated heterocycles. The largest absolute Gasteiger partial charge is 0.466 e. The molecule has 2 atom stereocenters. The SMILES string of the molecule is CCCCCCCCCCCOC(=O)CCCCCN1C[C@H](NC(=O)CCN(C)C)C(CCCCCCCC(=O)OC(CCCCCCCC)CCCCCCCC)C1=O. The quantitative estimate of drug-likeness (QED) is 0.0481. The van der Waals surface area contributed by atoms with Gasteiger partial charge in [-0.15, -0.1) is 0 Å². The molecule has 0 spiro atoms. The zero-order valence-electron chi connectivity index (χ0n) is 40.2. The first-order valence-corrected chi connectivity index (χ1v) is 25.8. The maximum atomic E-state index is 13.6. The van der Waals surface area contributed by atoms with E-state index >= 15 is 0 Å². The van der Waals surface area contributed by atoms with Crippen LogP contribution >= 0.6 is 0 Å². The third-order valence-electron chi connectivity index (χ3n) is 12.4. The van der Waals surface area contributed by atoms with Crippen LogP contribution in [0.5, 0.6) is 0 Å². The summed E-state index contributed by atoms with van der Waals surface area (Å²) in [5.41, 5.74) is 0. The summed E-state index contributed by atoms with van der Waals surface area (Å²) in [4.78, 5) is 55.5. The molecule has 9 nitrogen and oxygen atoms in total. The van der Waals surface area contributed by atoms with E-state index in [1.807, 2.05) is 23.9 Å². The van der Waals surface area contributed by atoms with Crippen molar-refractivity contribution in [2.24, 2.45) is 5.92 Å². The predicted octanol–water partition coefficient (Wildman–Crippen LogP) is 12.7. The topological polar surface area (TPSA) is 105 Å². The van der Waals surface area contributed by atoms with Crippen molar-refractivity contribution < 1.29 is 28.7 Å². The van der Waals surface area contributed by atoms with Gasteiger partial charge in [0.05, 0.1) is 18.6 Å². The molecular formula is C51H97N3O6. The van der Waals surface area contributed by atoms with Gasteiger partial charge in [-0.2, -0.15) is 0 Å². The number of hydrogen-bond acceptors (Lipinski definition) is 7. The standard InChI is InChI=1S/C51H97N3O6/c1-6-9-12-15-18-19-20-26-34-43-59-49(56)38-32-27-33-41-54-44-47(52-48(55)40-42-53(4)5)46(51(54)58)37-30-24-21-25-31-39-50(57)60-45(35-28-22-16-13-10-7-2)36-29-23-17-14-11-8-3/h45-47H,6-44H2,1-5H3,(H,52,55)/t46?,47-/m0/s1. The summed E-state index contributed by atoms with van der Waals surface area (Å²) in [5, 5.41) is 3.20. The minimum absolute atomic E-state index is 0.00217. The molecule has 1 heterocycles. The third-order valence-corrected chi connectivity index (χ3v) is 12.4. The number of hydrogen-bond donors (Lipinski definition) is 1. The summed E-state index contributed by atoms with van der Waals surface area (Å²) in [6, 6.07) is -0.168. The van der Waals surface area contributed by atoms with Gasteiger partial charge in [-0.05, 0) is 71.9 Å². The highest BCUT2D eigenvalue weighted by Crippen LogP contribution is 2.26. The molecule has 352 valence electrons. The summed E-state index contributed by atoms with van der Waals surface area (Å²) >= 11 is 0. The van der Waals surface area contributed by atoms with Crippen LogP contribution in [-0.4, -0.2) is 86.0 Å². The van der Waals surface area contributed by atoms with Gasteiger partial charge in [-0.3, -0.25) is 19.2 Å². The van der Waals surface area contributed by atoms with Crippen molar-refractivity contribution in [2.75, 3.05) is 40.3 Å². The molecule has 1 aliphatic rings. The van der Waals surface area contributed by atoms with E-state index in [9.17, 15) is 19.2 Å². The number of unbranched alkanes of at least 4 members (excludes halogenated alkanes) is 24. The molecule has 0 aromatic heterocycles. The highest BCUT2D eigenvalue weighted by Gasteiger charge is 2.40. The van der Waals surface area contributed by atoms with Crippen molar-refractivity contribution in [3.63, 3.8) is 0 Å². The van der Waals surface area contributed by atoms with Crippen molar-refractivity contribution in [1.29, 1.82) is 0 Å². The van der Waals surface area contributed by atoms with Crippen LogP contribution < -0.4 is 5.32 Å². The van der Waals surface area contributed by atoms with Crippen LogP contribution in [0.15, 0.2) is 0 Å². The van der Waals surface area contributed by atoms with Crippen molar-refractivity contribution in [2.45, 2.75) is 258 Å². The molecule has 0 aliphatic carbocycles. The van der Waals surface area contributed by atoms with Crippen molar-refractivity contribution in [3.8, 4) is 0 Å². The number of esters is 2. The van der Waals surface area contributed by atoms with Crippen molar-refractivity contribution in [3.05, 3.63) is 0 Å². The number of carbonyl (C=O) groups is 4. The molecule has 0 aromatic rings. The highest BCUT2D eigenvalue weighted by molar-refractivity contribution is 5.84. The smallest absolute Gasteiger partial charge is 0.306 e. The summed E-state index contributed by atoms with van der Waals surface area (Å²) in [6.45, 7) is 9.15. The maximum Gasteiger partial charge on any atom is 0.306 e. The Morgan fingerprint density at radius 1 is 0.600 bits per heavy atom. The molecule has 1 unspecified atom stereocenters. The van der Waals surface area contributed by atoms with Gasteiger partial charge in [-0.1, -0.05) is 168 Å². The van der Waals surface area contributed by atoms with Crippen molar-refractivity contribution >= 4 is 23.8 Å². The molecule has 9 heteroatoms. The molecule has 1 rings (SSSR count). The van der Waals surface area contributed by atoms with Crippen LogP contribution in [0.1, 0.15) is 245 Å². The lowest BCUT2D eigenvalue weighted by atomic mass is 9.95. The van der Waals surface area contributed by atoms with E-state index in [1.54, 1.807) is 0 Å². The van der Waals surface area contributed by atoms with Gasteiger partial charge < -0.3 is 24.6 Å². The fourth-order valence-corrected chi connectivity index (χ4v) is 8.53. The fourth-order valence-electron chi connectivity index (χ4n) is 8.53. The molecule has 0 saturated carbocycles. The third kappa shape index (κ3) is 31.7. The number of ether oxygens (including phenoxy) is 2. The second-order valence-electron chi connectivity index (χ2n) is 18.5. The van der Waals surface area contributed by atoms with Crippen LogP contribution in [0, 0.1) is 5.92 Å². The molecule has 0 radical (unpaired) electrons. The fraction of sp³-hybridized carbons (Fsp3) is 0.922. The van der Waals surface area contributed by atoms with E-state index in [-0.39, 0.29) is 41.8 Å². The Hall–Kier alpha value is -2.16. The van der Waals surface area contributed by atoms with Gasteiger partial charge in [0.15, 0.2) is 0 Å². The first-order valence-electron chi connectivity index (χ1n) is 25.8. The molecule has 1 N–H and O–H groups in total. The van der Waals surface area contributed by atoms with Crippen LogP contribution in [-0.2, 0) is 28.7 Å². The van der Waals surface area contributed by atoms with Gasteiger partial charge in [-0.25, -0.2) is 0 Å². The monoisotopic (exact) mass is 848 g/mol. The lowest BCUT2D eigenvalue weighted by Crippen LogP contribution is -2.41. The Labute approximate surface area is 370 Å². The minimum Gasteiger partial charge on any atom is -0.466 e. The molecule has 1 fully saturated rings. The van der Waals surface area contributed by atoms with Crippen LogP contribution in [0.2, 0.25) is 0 Å². The van der Waals surface area contributed by atoms with Crippen LogP contribution in [0.4, 0.5) is 0 Å². The summed E-state index contributed by atoms with van der Waals surface area (Å²) in [6.07, 6.45) is 37.7. The van der Waals surface area contributed by atoms with E-state index in [4.69, 9.17) is 9.47 Å². The Morgan fingerprint density at radius 2 is 1.07 bits per heavy atom. The van der Waals surface area contributed by atoms with Gasteiger partial charge in [0.25, 0.3) is 0 Å². The Bertz CT molecular complexity index is 1040. The zero-order valence-corrected chi connectivity index (χ0v) is 40.2. The first kappa shape index (κ1) is 55.9. The van der Waals surface area contributed by atoms with Gasteiger partial charge in [0.1, 0.15) is 6.10 Å². The van der Waals surface area contributed by atoms with E-state index in [0.29, 0.717) is 45.5 Å². The number of nitrogens with one attached hydrogen (secondary N) is 1. The Kier molecular flexibility index (Phi) is 36.9. The van der Waals surface area contributed by atoms with E-state index in [1.165, 1.54) is 109 Å². The highest BCUT2D eigenvalue weighted by atomic mass is 16.5. The van der Waals surface area contributed by atoms with E-state index in [2.05, 4.69) is 26.1 Å². The van der Waals surface area contributed by atoms with E-state index < -0.39 is 0 Å². The first-order chi connectivity index (χ1) is 29.2. The average Bonchev–Trinajstić information content (AvgIpc) is 3.51. The van der Waals surface area contributed by atoms with Gasteiger partial charge >= 0.3 is 11.9 Å². The molecule has 2 amide bonds. The van der Waals surface area contributed by atoms with E-state index in [0.717, 1.165) is 96.3 Å². The van der Waals surface area contributed by atoms with Gasteiger partial charge in [0, 0.05) is 38.9 Å². The summed E-state index contributed by atoms with van der Waals surface area (Å²) < 4.78 is 11.5. The number of rotatable bonds is 43. The number of likely N-dealkylation sites (tertiary alicyclic amines) is 1. The molecule has 0 bridgehead atoms. The zero-order chi connectivity index (χ0) is 43.9. The van der Waals surface area contributed by atoms with Crippen molar-refractivity contribution in [1.82, 2.24) is 15.1 Å². The minimum atomic E-state index is -0.199. The number of amides is 2. The molecule has 60 heavy (non-hydrogen) atoms. The summed E-state index contributed by atoms with van der Waals surface area (Å²) in [5.74, 6) is -0.200. The second-order valence-corrected chi connectivity index (χ2v) is 18.5. The molecular weight excluding hydrogens is 751 g/mol. The van der Waals surface area contributed by atoms with Gasteiger partial charge in [0.2, 0.25) is 11.8 Å². The lowest BCUT2D eigenvalue weighted by molar-refractivity contribution is -0.150. The second kappa shape index (κ2) is 39.7. The molecule has 1 aliphatic heterocycles. The number of nitrogens with zero attached hydrogens (tertiary/aromatic N) is 2. The van der Waals surface area contributed by atoms with Crippen LogP contribution in [0.25, 0.3) is 0 Å².